The molecule has 18 heavy (non-hydrogen) atoms. The van der Waals surface area contributed by atoms with Gasteiger partial charge in [-0.15, -0.1) is 0 Å². The van der Waals surface area contributed by atoms with Crippen molar-refractivity contribution in [2.75, 3.05) is 6.61 Å². The van der Waals surface area contributed by atoms with Gasteiger partial charge in [-0.1, -0.05) is 12.1 Å². The molecule has 5 heteroatoms. The minimum absolute atomic E-state index is 0.145. The van der Waals surface area contributed by atoms with Gasteiger partial charge in [0, 0.05) is 18.1 Å². The Morgan fingerprint density at radius 2 is 2.39 bits per heavy atom. The fourth-order valence-corrected chi connectivity index (χ4v) is 1.74. The number of aromatic nitrogens is 2. The predicted molar refractivity (Wildman–Crippen MR) is 67.2 cm³/mol. The van der Waals surface area contributed by atoms with Gasteiger partial charge in [0.15, 0.2) is 0 Å². The van der Waals surface area contributed by atoms with Crippen LogP contribution in [0, 0.1) is 0 Å². The van der Waals surface area contributed by atoms with Gasteiger partial charge in [0.2, 0.25) is 5.91 Å². The molecule has 1 atom stereocenters. The average Bonchev–Trinajstić information content (AvgIpc) is 2.92. The highest BCUT2D eigenvalue weighted by molar-refractivity contribution is 5.77. The zero-order chi connectivity index (χ0) is 13.0. The maximum atomic E-state index is 11.1. The van der Waals surface area contributed by atoms with E-state index in [1.54, 1.807) is 12.5 Å². The summed E-state index contributed by atoms with van der Waals surface area (Å²) in [6.45, 7) is 1.38. The molecular formula is C13H15N3O2. The maximum Gasteiger partial charge on any atom is 0.246 e. The summed E-state index contributed by atoms with van der Waals surface area (Å²) in [7, 11) is 0. The summed E-state index contributed by atoms with van der Waals surface area (Å²) in [5.41, 5.74) is 1.96. The van der Waals surface area contributed by atoms with Gasteiger partial charge in [0.1, 0.15) is 6.61 Å². The monoisotopic (exact) mass is 245 g/mol. The normalized spacial score (nSPS) is 12.1. The van der Waals surface area contributed by atoms with Gasteiger partial charge in [-0.2, -0.15) is 0 Å². The average molecular weight is 245 g/mol. The Morgan fingerprint density at radius 1 is 1.56 bits per heavy atom. The van der Waals surface area contributed by atoms with Crippen LogP contribution in [0.1, 0.15) is 18.5 Å². The summed E-state index contributed by atoms with van der Waals surface area (Å²) in [5.74, 6) is -0.379. The lowest BCUT2D eigenvalue weighted by molar-refractivity contribution is -0.124. The van der Waals surface area contributed by atoms with Crippen LogP contribution in [-0.2, 0) is 4.79 Å². The second-order valence-corrected chi connectivity index (χ2v) is 4.01. The van der Waals surface area contributed by atoms with E-state index in [1.807, 2.05) is 42.0 Å². The minimum atomic E-state index is -0.494. The number of amides is 1. The third-order valence-corrected chi connectivity index (χ3v) is 2.69. The molecule has 0 spiro atoms. The summed E-state index contributed by atoms with van der Waals surface area (Å²) in [4.78, 5) is 15.1. The number of imidazole rings is 1. The Kier molecular flexibility index (Phi) is 3.74. The Morgan fingerprint density at radius 3 is 3.06 bits per heavy atom. The SMILES string of the molecule is CC(NC(=O)CO)c1cccc(-n2ccnc2)c1. The van der Waals surface area contributed by atoms with Gasteiger partial charge in [0.05, 0.1) is 12.4 Å². The van der Waals surface area contributed by atoms with E-state index in [4.69, 9.17) is 5.11 Å². The van der Waals surface area contributed by atoms with Crippen molar-refractivity contribution in [2.45, 2.75) is 13.0 Å². The molecule has 0 bridgehead atoms. The number of hydrogen-bond donors (Lipinski definition) is 2. The standard InChI is InChI=1S/C13H15N3O2/c1-10(15-13(18)8-17)11-3-2-4-12(7-11)16-6-5-14-9-16/h2-7,9-10,17H,8H2,1H3,(H,15,18). The van der Waals surface area contributed by atoms with Crippen LogP contribution in [0.15, 0.2) is 43.0 Å². The number of hydrogen-bond acceptors (Lipinski definition) is 3. The first kappa shape index (κ1) is 12.3. The molecule has 1 heterocycles. The molecule has 2 rings (SSSR count). The minimum Gasteiger partial charge on any atom is -0.387 e. The van der Waals surface area contributed by atoms with E-state index < -0.39 is 6.61 Å². The molecule has 0 saturated heterocycles. The number of nitrogens with zero attached hydrogens (tertiary/aromatic N) is 2. The lowest BCUT2D eigenvalue weighted by Gasteiger charge is -2.14. The van der Waals surface area contributed by atoms with Gasteiger partial charge in [-0.3, -0.25) is 4.79 Å². The van der Waals surface area contributed by atoms with E-state index in [2.05, 4.69) is 10.3 Å². The highest BCUT2D eigenvalue weighted by Gasteiger charge is 2.09. The number of aliphatic hydroxyl groups is 1. The predicted octanol–water partition coefficient (Wildman–Crippen LogP) is 1.04. The van der Waals surface area contributed by atoms with Crippen LogP contribution in [0.2, 0.25) is 0 Å². The van der Waals surface area contributed by atoms with Crippen LogP contribution >= 0.6 is 0 Å². The van der Waals surface area contributed by atoms with E-state index >= 15 is 0 Å². The summed E-state index contributed by atoms with van der Waals surface area (Å²) >= 11 is 0. The molecule has 1 aromatic carbocycles. The molecule has 0 saturated carbocycles. The summed E-state index contributed by atoms with van der Waals surface area (Å²) in [6.07, 6.45) is 5.29. The molecule has 2 aromatic rings. The fourth-order valence-electron chi connectivity index (χ4n) is 1.74. The first-order chi connectivity index (χ1) is 8.70. The topological polar surface area (TPSA) is 67.2 Å². The Hall–Kier alpha value is -2.14. The molecule has 1 amide bonds. The van der Waals surface area contributed by atoms with Gasteiger partial charge in [0.25, 0.3) is 0 Å². The highest BCUT2D eigenvalue weighted by atomic mass is 16.3. The molecule has 94 valence electrons. The number of nitrogens with one attached hydrogen (secondary N) is 1. The molecule has 0 fully saturated rings. The third-order valence-electron chi connectivity index (χ3n) is 2.69. The van der Waals surface area contributed by atoms with Crippen molar-refractivity contribution in [1.29, 1.82) is 0 Å². The first-order valence-corrected chi connectivity index (χ1v) is 5.69. The number of carbonyl (C=O) groups is 1. The molecule has 0 radical (unpaired) electrons. The van der Waals surface area contributed by atoms with E-state index in [1.165, 1.54) is 0 Å². The van der Waals surface area contributed by atoms with Crippen LogP contribution in [0.4, 0.5) is 0 Å². The van der Waals surface area contributed by atoms with E-state index in [0.29, 0.717) is 0 Å². The van der Waals surface area contributed by atoms with Crippen LogP contribution in [-0.4, -0.2) is 27.2 Å². The molecule has 0 aliphatic rings. The number of carbonyl (C=O) groups excluding carboxylic acids is 1. The van der Waals surface area contributed by atoms with Crippen molar-refractivity contribution >= 4 is 5.91 Å². The maximum absolute atomic E-state index is 11.1. The Labute approximate surface area is 105 Å². The fraction of sp³-hybridized carbons (Fsp3) is 0.231. The van der Waals surface area contributed by atoms with Crippen LogP contribution in [0.3, 0.4) is 0 Å². The number of rotatable bonds is 4. The third kappa shape index (κ3) is 2.75. The second-order valence-electron chi connectivity index (χ2n) is 4.01. The number of aliphatic hydroxyl groups excluding tert-OH is 1. The molecule has 5 nitrogen and oxygen atoms in total. The number of benzene rings is 1. The van der Waals surface area contributed by atoms with Crippen LogP contribution < -0.4 is 5.32 Å². The zero-order valence-corrected chi connectivity index (χ0v) is 10.1. The van der Waals surface area contributed by atoms with Crippen molar-refractivity contribution in [1.82, 2.24) is 14.9 Å². The first-order valence-electron chi connectivity index (χ1n) is 5.69. The summed E-state index contributed by atoms with van der Waals surface area (Å²) < 4.78 is 1.89. The molecule has 1 unspecified atom stereocenters. The van der Waals surface area contributed by atoms with Crippen molar-refractivity contribution in [2.24, 2.45) is 0 Å². The van der Waals surface area contributed by atoms with Gasteiger partial charge in [-0.25, -0.2) is 4.98 Å². The quantitative estimate of drug-likeness (QED) is 0.845. The Balaban J connectivity index is 2.19. The molecule has 0 aliphatic heterocycles. The smallest absolute Gasteiger partial charge is 0.246 e. The highest BCUT2D eigenvalue weighted by Crippen LogP contribution is 2.16. The van der Waals surface area contributed by atoms with Gasteiger partial charge >= 0.3 is 0 Å². The van der Waals surface area contributed by atoms with Crippen LogP contribution in [0.25, 0.3) is 5.69 Å². The Bertz CT molecular complexity index is 523. The van der Waals surface area contributed by atoms with Gasteiger partial charge in [-0.05, 0) is 24.6 Å². The lowest BCUT2D eigenvalue weighted by Crippen LogP contribution is -2.29. The molecule has 0 aliphatic carbocycles. The van der Waals surface area contributed by atoms with Crippen molar-refractivity contribution in [3.8, 4) is 5.69 Å². The molecule has 2 N–H and O–H groups in total. The second kappa shape index (κ2) is 5.46. The van der Waals surface area contributed by atoms with Crippen molar-refractivity contribution in [3.05, 3.63) is 48.5 Å². The largest absolute Gasteiger partial charge is 0.387 e. The van der Waals surface area contributed by atoms with Gasteiger partial charge < -0.3 is 15.0 Å². The zero-order valence-electron chi connectivity index (χ0n) is 10.1. The van der Waals surface area contributed by atoms with Crippen molar-refractivity contribution < 1.29 is 9.90 Å². The van der Waals surface area contributed by atoms with Crippen molar-refractivity contribution in [3.63, 3.8) is 0 Å². The van der Waals surface area contributed by atoms with Crippen LogP contribution in [0.5, 0.6) is 0 Å². The molecular weight excluding hydrogens is 230 g/mol. The van der Waals surface area contributed by atoms with E-state index in [9.17, 15) is 4.79 Å². The summed E-state index contributed by atoms with van der Waals surface area (Å²) in [5, 5.41) is 11.4. The van der Waals surface area contributed by atoms with E-state index in [-0.39, 0.29) is 11.9 Å². The lowest BCUT2D eigenvalue weighted by atomic mass is 10.1. The van der Waals surface area contributed by atoms with E-state index in [0.717, 1.165) is 11.3 Å². The summed E-state index contributed by atoms with van der Waals surface area (Å²) in [6, 6.07) is 7.65. The molecule has 1 aromatic heterocycles.